The first kappa shape index (κ1) is 27.0. The molecule has 0 spiro atoms. The van der Waals surface area contributed by atoms with Crippen molar-refractivity contribution in [3.05, 3.63) is 70.3 Å². The predicted molar refractivity (Wildman–Crippen MR) is 114 cm³/mol. The van der Waals surface area contributed by atoms with Gasteiger partial charge in [-0.05, 0) is 64.3 Å². The summed E-state index contributed by atoms with van der Waals surface area (Å²) < 4.78 is 0. The summed E-state index contributed by atoms with van der Waals surface area (Å²) >= 11 is 0. The Hall–Kier alpha value is -3.03. The molecule has 0 amide bonds. The number of hydrogen-bond acceptors (Lipinski definition) is 5. The van der Waals surface area contributed by atoms with Crippen molar-refractivity contribution in [1.29, 1.82) is 0 Å². The highest BCUT2D eigenvalue weighted by molar-refractivity contribution is 6.40. The maximum Gasteiger partial charge on any atom is 0.377 e. The van der Waals surface area contributed by atoms with Crippen LogP contribution in [0.5, 0.6) is 0 Å². The van der Waals surface area contributed by atoms with E-state index in [1.807, 2.05) is 19.1 Å². The van der Waals surface area contributed by atoms with Crippen molar-refractivity contribution in [2.75, 3.05) is 0 Å². The van der Waals surface area contributed by atoms with E-state index in [1.54, 1.807) is 58.0 Å². The normalized spacial score (nSPS) is 11.7. The third-order valence-corrected chi connectivity index (χ3v) is 3.80. The molecule has 0 radical (unpaired) electrons. The second kappa shape index (κ2) is 13.2. The van der Waals surface area contributed by atoms with Crippen LogP contribution >= 0.6 is 0 Å². The molecule has 2 unspecified atom stereocenters. The summed E-state index contributed by atoms with van der Waals surface area (Å²) in [4.78, 5) is 32.0. The average Bonchev–Trinajstić information content (AvgIpc) is 2.61. The summed E-state index contributed by atoms with van der Waals surface area (Å²) in [5.74, 6) is -3.12. The molecule has 7 nitrogen and oxygen atoms in total. The number of carboxylic acids is 2. The number of benzene rings is 2. The lowest BCUT2D eigenvalue weighted by Gasteiger charge is -2.07. The fraction of sp³-hybridized carbons (Fsp3) is 0.348. The Labute approximate surface area is 176 Å². The number of hydrogen-bond donors (Lipinski definition) is 4. The van der Waals surface area contributed by atoms with E-state index in [0.717, 1.165) is 16.7 Å². The van der Waals surface area contributed by atoms with Gasteiger partial charge in [-0.15, -0.1) is 0 Å². The van der Waals surface area contributed by atoms with Crippen LogP contribution in [0, 0.1) is 20.8 Å². The molecular weight excluding hydrogens is 388 g/mol. The number of carbonyl (C=O) groups is 3. The minimum absolute atomic E-state index is 0.308. The van der Waals surface area contributed by atoms with Crippen LogP contribution in [0.1, 0.15) is 57.7 Å². The Morgan fingerprint density at radius 2 is 1.27 bits per heavy atom. The van der Waals surface area contributed by atoms with Crippen molar-refractivity contribution in [3.63, 3.8) is 0 Å². The lowest BCUT2D eigenvalue weighted by Crippen LogP contribution is -2.15. The van der Waals surface area contributed by atoms with Crippen LogP contribution in [0.3, 0.4) is 0 Å². The first-order valence-corrected chi connectivity index (χ1v) is 9.36. The summed E-state index contributed by atoms with van der Waals surface area (Å²) in [5, 5.41) is 34.1. The SMILES string of the molecule is CC(O)CC(C)O.Cc1cc(C)c(C(=O)C(=O)O)c(C)c1.O=C(O)c1ccccc1. The number of aliphatic carboxylic acids is 1. The van der Waals surface area contributed by atoms with E-state index >= 15 is 0 Å². The Balaban J connectivity index is 0.000000454. The topological polar surface area (TPSA) is 132 Å². The fourth-order valence-electron chi connectivity index (χ4n) is 2.72. The molecule has 0 saturated heterocycles. The van der Waals surface area contributed by atoms with E-state index in [1.165, 1.54) is 0 Å². The van der Waals surface area contributed by atoms with Crippen LogP contribution in [0.25, 0.3) is 0 Å². The van der Waals surface area contributed by atoms with E-state index in [0.29, 0.717) is 17.5 Å². The molecule has 2 aromatic carbocycles. The van der Waals surface area contributed by atoms with Crippen LogP contribution < -0.4 is 0 Å². The van der Waals surface area contributed by atoms with Gasteiger partial charge in [-0.25, -0.2) is 9.59 Å². The van der Waals surface area contributed by atoms with Crippen LogP contribution in [-0.2, 0) is 4.79 Å². The van der Waals surface area contributed by atoms with Gasteiger partial charge < -0.3 is 20.4 Å². The van der Waals surface area contributed by atoms with Crippen LogP contribution in [0.15, 0.2) is 42.5 Å². The number of aromatic carboxylic acids is 1. The third-order valence-electron chi connectivity index (χ3n) is 3.80. The van der Waals surface area contributed by atoms with Gasteiger partial charge in [0.2, 0.25) is 0 Å². The zero-order valence-electron chi connectivity index (χ0n) is 17.9. The van der Waals surface area contributed by atoms with Gasteiger partial charge in [-0.2, -0.15) is 0 Å². The maximum absolute atomic E-state index is 11.3. The fourth-order valence-corrected chi connectivity index (χ4v) is 2.72. The first-order valence-electron chi connectivity index (χ1n) is 9.36. The molecule has 2 atom stereocenters. The molecule has 0 aliphatic rings. The smallest absolute Gasteiger partial charge is 0.377 e. The zero-order chi connectivity index (χ0) is 23.4. The lowest BCUT2D eigenvalue weighted by molar-refractivity contribution is -0.131. The Bertz CT molecular complexity index is 811. The number of aliphatic hydroxyl groups excluding tert-OH is 2. The third kappa shape index (κ3) is 10.5. The number of rotatable bonds is 5. The highest BCUT2D eigenvalue weighted by Gasteiger charge is 2.19. The largest absolute Gasteiger partial charge is 0.478 e. The number of carbonyl (C=O) groups excluding carboxylic acids is 1. The number of aryl methyl sites for hydroxylation is 3. The van der Waals surface area contributed by atoms with Crippen molar-refractivity contribution in [2.24, 2.45) is 0 Å². The van der Waals surface area contributed by atoms with Gasteiger partial charge in [-0.1, -0.05) is 35.9 Å². The van der Waals surface area contributed by atoms with E-state index in [9.17, 15) is 14.4 Å². The maximum atomic E-state index is 11.3. The van der Waals surface area contributed by atoms with Crippen molar-refractivity contribution >= 4 is 17.7 Å². The highest BCUT2D eigenvalue weighted by atomic mass is 16.4. The standard InChI is InChI=1S/C11H12O3.C7H6O2.C5H12O2/c1-6-4-7(2)9(8(3)5-6)10(12)11(13)14;8-7(9)6-4-2-1-3-5-6;1-4(6)3-5(2)7/h4-5H,1-3H3,(H,13,14);1-5H,(H,8,9);4-7H,3H2,1-2H3. The molecule has 0 aliphatic carbocycles. The summed E-state index contributed by atoms with van der Waals surface area (Å²) in [5.41, 5.74) is 3.10. The van der Waals surface area contributed by atoms with Gasteiger partial charge >= 0.3 is 11.9 Å². The quantitative estimate of drug-likeness (QED) is 0.432. The van der Waals surface area contributed by atoms with Gasteiger partial charge in [0.1, 0.15) is 0 Å². The van der Waals surface area contributed by atoms with E-state index in [2.05, 4.69) is 0 Å². The molecule has 0 fully saturated rings. The molecule has 0 saturated carbocycles. The summed E-state index contributed by atoms with van der Waals surface area (Å²) in [7, 11) is 0. The molecule has 0 bridgehead atoms. The Morgan fingerprint density at radius 1 is 0.833 bits per heavy atom. The molecule has 30 heavy (non-hydrogen) atoms. The molecule has 4 N–H and O–H groups in total. The minimum Gasteiger partial charge on any atom is -0.478 e. The number of aliphatic hydroxyl groups is 2. The Kier molecular flexibility index (Phi) is 11.9. The van der Waals surface area contributed by atoms with E-state index < -0.39 is 17.7 Å². The van der Waals surface area contributed by atoms with Gasteiger partial charge in [0.15, 0.2) is 0 Å². The summed E-state index contributed by atoms with van der Waals surface area (Å²) in [6.07, 6.45) is -0.278. The monoisotopic (exact) mass is 418 g/mol. The van der Waals surface area contributed by atoms with E-state index in [-0.39, 0.29) is 12.2 Å². The average molecular weight is 418 g/mol. The first-order chi connectivity index (χ1) is 13.9. The second-order valence-corrected chi connectivity index (χ2v) is 7.01. The molecule has 2 aromatic rings. The van der Waals surface area contributed by atoms with E-state index in [4.69, 9.17) is 20.4 Å². The van der Waals surface area contributed by atoms with Crippen LogP contribution in [0.2, 0.25) is 0 Å². The van der Waals surface area contributed by atoms with Gasteiger partial charge in [-0.3, -0.25) is 4.79 Å². The molecule has 0 aromatic heterocycles. The zero-order valence-corrected chi connectivity index (χ0v) is 17.9. The van der Waals surface area contributed by atoms with Crippen molar-refractivity contribution in [1.82, 2.24) is 0 Å². The molecule has 2 rings (SSSR count). The lowest BCUT2D eigenvalue weighted by atomic mass is 9.97. The van der Waals surface area contributed by atoms with Crippen LogP contribution in [0.4, 0.5) is 0 Å². The van der Waals surface area contributed by atoms with Crippen molar-refractivity contribution in [3.8, 4) is 0 Å². The summed E-state index contributed by atoms with van der Waals surface area (Å²) in [6, 6.07) is 11.9. The number of Topliss-reactive ketones (excluding diaryl/α,β-unsaturated/α-hetero) is 1. The molecule has 7 heteroatoms. The van der Waals surface area contributed by atoms with Crippen molar-refractivity contribution < 1.29 is 34.8 Å². The number of carboxylic acid groups (broad SMARTS) is 2. The molecule has 164 valence electrons. The Morgan fingerprint density at radius 3 is 1.53 bits per heavy atom. The predicted octanol–water partition coefficient (Wildman–Crippen LogP) is 3.40. The van der Waals surface area contributed by atoms with Crippen molar-refractivity contribution in [2.45, 2.75) is 53.2 Å². The van der Waals surface area contributed by atoms with Gasteiger partial charge in [0.05, 0.1) is 17.8 Å². The molecule has 0 aliphatic heterocycles. The summed E-state index contributed by atoms with van der Waals surface area (Å²) in [6.45, 7) is 8.72. The second-order valence-electron chi connectivity index (χ2n) is 7.01. The highest BCUT2D eigenvalue weighted by Crippen LogP contribution is 2.16. The van der Waals surface area contributed by atoms with Gasteiger partial charge in [0, 0.05) is 5.56 Å². The van der Waals surface area contributed by atoms with Crippen LogP contribution in [-0.4, -0.2) is 50.4 Å². The number of ketones is 1. The van der Waals surface area contributed by atoms with Gasteiger partial charge in [0.25, 0.3) is 5.78 Å². The molecule has 0 heterocycles. The minimum atomic E-state index is -1.40. The molecular formula is C23H30O7.